The fraction of sp³-hybridized carbons (Fsp3) is 0.480. The number of sulfone groups is 1. The smallest absolute Gasteiger partial charge is 0.287 e. The Morgan fingerprint density at radius 3 is 2.24 bits per heavy atom. The summed E-state index contributed by atoms with van der Waals surface area (Å²) < 4.78 is 85.3. The molecule has 1 atom stereocenters. The number of hydrogen-bond acceptors (Lipinski definition) is 7. The van der Waals surface area contributed by atoms with Gasteiger partial charge in [0.2, 0.25) is 0 Å². The lowest BCUT2D eigenvalue weighted by molar-refractivity contribution is -0.347. The second-order valence-corrected chi connectivity index (χ2v) is 13.1. The Bertz CT molecular complexity index is 1450. The first kappa shape index (κ1) is 25.2. The van der Waals surface area contributed by atoms with Gasteiger partial charge in [0, 0.05) is 35.8 Å². The summed E-state index contributed by atoms with van der Waals surface area (Å²) in [5.41, 5.74) is -4.03. The minimum atomic E-state index is -3.79. The molecule has 2 heterocycles. The minimum absolute atomic E-state index is 0.0923. The van der Waals surface area contributed by atoms with E-state index in [4.69, 9.17) is 0 Å². The lowest BCUT2D eigenvalue weighted by Gasteiger charge is -2.74. The van der Waals surface area contributed by atoms with E-state index in [-0.39, 0.29) is 30.8 Å². The van der Waals surface area contributed by atoms with Crippen LogP contribution < -0.4 is 4.90 Å². The standard InChI is InChI=1S/C25H25F4N5O3S/c26-18-3-6-20(21(27)11-18)24(35,15-34-16-30-31-32-34)25(28,29)23-12-22(13-23,14-23)17-1-4-19(5-2-17)33-7-9-38(36,37)10-8-33/h1-6,11,16,35H,7-10,12-15H2/t22?,23?,24-/m1/s1. The number of nitrogens with zero attached hydrogens (tertiary/aromatic N) is 5. The van der Waals surface area contributed by atoms with Crippen LogP contribution in [0.4, 0.5) is 23.2 Å². The number of rotatable bonds is 7. The van der Waals surface area contributed by atoms with Gasteiger partial charge in [-0.2, -0.15) is 0 Å². The molecule has 38 heavy (non-hydrogen) atoms. The number of benzene rings is 2. The van der Waals surface area contributed by atoms with Crippen molar-refractivity contribution in [2.24, 2.45) is 5.41 Å². The maximum Gasteiger partial charge on any atom is 0.287 e. The van der Waals surface area contributed by atoms with E-state index < -0.39 is 55.9 Å². The fourth-order valence-electron chi connectivity index (χ4n) is 6.53. The van der Waals surface area contributed by atoms with Crippen molar-refractivity contribution in [2.45, 2.75) is 42.7 Å². The highest BCUT2D eigenvalue weighted by Gasteiger charge is 2.82. The molecule has 13 heteroatoms. The largest absolute Gasteiger partial charge is 0.377 e. The summed E-state index contributed by atoms with van der Waals surface area (Å²) in [4.78, 5) is 1.98. The number of alkyl halides is 2. The van der Waals surface area contributed by atoms with Gasteiger partial charge in [0.05, 0.1) is 18.1 Å². The van der Waals surface area contributed by atoms with Crippen LogP contribution in [0.25, 0.3) is 0 Å². The Kier molecular flexibility index (Phi) is 5.46. The van der Waals surface area contributed by atoms with Crippen LogP contribution in [0.15, 0.2) is 48.8 Å². The van der Waals surface area contributed by atoms with Gasteiger partial charge >= 0.3 is 0 Å². The van der Waals surface area contributed by atoms with Gasteiger partial charge in [-0.3, -0.25) is 0 Å². The van der Waals surface area contributed by atoms with Crippen molar-refractivity contribution in [3.8, 4) is 0 Å². The molecule has 1 aromatic heterocycles. The molecule has 0 spiro atoms. The first-order valence-electron chi connectivity index (χ1n) is 12.2. The molecule has 4 aliphatic rings. The molecule has 3 aromatic rings. The van der Waals surface area contributed by atoms with Gasteiger partial charge in [-0.1, -0.05) is 12.1 Å². The van der Waals surface area contributed by atoms with Gasteiger partial charge in [-0.25, -0.2) is 30.7 Å². The van der Waals surface area contributed by atoms with Crippen LogP contribution in [0.5, 0.6) is 0 Å². The summed E-state index contributed by atoms with van der Waals surface area (Å²) in [5.74, 6) is -5.82. The number of halogens is 4. The molecule has 2 bridgehead atoms. The van der Waals surface area contributed by atoms with E-state index in [2.05, 4.69) is 15.5 Å². The van der Waals surface area contributed by atoms with Gasteiger partial charge < -0.3 is 10.0 Å². The molecule has 1 aliphatic heterocycles. The topological polar surface area (TPSA) is 101 Å². The van der Waals surface area contributed by atoms with E-state index in [0.717, 1.165) is 34.4 Å². The molecule has 1 saturated heterocycles. The number of tetrazole rings is 1. The third-order valence-electron chi connectivity index (χ3n) is 8.56. The normalized spacial score (nSPS) is 27.8. The molecule has 1 N–H and O–H groups in total. The quantitative estimate of drug-likeness (QED) is 0.451. The van der Waals surface area contributed by atoms with Crippen LogP contribution >= 0.6 is 0 Å². The molecular formula is C25H25F4N5O3S. The van der Waals surface area contributed by atoms with Crippen molar-refractivity contribution in [3.63, 3.8) is 0 Å². The summed E-state index contributed by atoms with van der Waals surface area (Å²) in [7, 11) is -3.01. The average molecular weight is 552 g/mol. The lowest BCUT2D eigenvalue weighted by Crippen LogP contribution is -2.76. The van der Waals surface area contributed by atoms with Gasteiger partial charge in [0.15, 0.2) is 15.4 Å². The predicted octanol–water partition coefficient (Wildman–Crippen LogP) is 2.83. The van der Waals surface area contributed by atoms with Crippen LogP contribution in [0.2, 0.25) is 0 Å². The Morgan fingerprint density at radius 2 is 1.66 bits per heavy atom. The van der Waals surface area contributed by atoms with E-state index in [1.165, 1.54) is 0 Å². The number of aliphatic hydroxyl groups is 1. The summed E-state index contributed by atoms with van der Waals surface area (Å²) in [6.07, 6.45) is 1.32. The molecule has 4 fully saturated rings. The third-order valence-corrected chi connectivity index (χ3v) is 10.2. The van der Waals surface area contributed by atoms with Crippen LogP contribution in [0.1, 0.15) is 30.4 Å². The molecular weight excluding hydrogens is 526 g/mol. The number of anilines is 1. The predicted molar refractivity (Wildman–Crippen MR) is 128 cm³/mol. The van der Waals surface area contributed by atoms with Gasteiger partial charge in [-0.15, -0.1) is 5.10 Å². The van der Waals surface area contributed by atoms with E-state index in [1.807, 2.05) is 29.2 Å². The molecule has 3 aliphatic carbocycles. The van der Waals surface area contributed by atoms with Crippen LogP contribution in [-0.4, -0.2) is 64.2 Å². The van der Waals surface area contributed by atoms with Crippen molar-refractivity contribution >= 4 is 15.5 Å². The number of aromatic nitrogens is 4. The second-order valence-electron chi connectivity index (χ2n) is 10.8. The molecule has 0 radical (unpaired) electrons. The Labute approximate surface area is 216 Å². The molecule has 8 nitrogen and oxygen atoms in total. The average Bonchev–Trinajstić information content (AvgIpc) is 3.30. The van der Waals surface area contributed by atoms with E-state index in [1.54, 1.807) is 0 Å². The first-order valence-corrected chi connectivity index (χ1v) is 14.0. The van der Waals surface area contributed by atoms with Crippen molar-refractivity contribution in [2.75, 3.05) is 29.5 Å². The maximum absolute atomic E-state index is 16.3. The van der Waals surface area contributed by atoms with E-state index in [9.17, 15) is 22.3 Å². The van der Waals surface area contributed by atoms with Crippen molar-refractivity contribution in [1.82, 2.24) is 20.2 Å². The van der Waals surface area contributed by atoms with E-state index >= 15 is 8.78 Å². The van der Waals surface area contributed by atoms with Crippen LogP contribution in [-0.2, 0) is 27.4 Å². The molecule has 3 saturated carbocycles. The minimum Gasteiger partial charge on any atom is -0.377 e. The van der Waals surface area contributed by atoms with E-state index in [0.29, 0.717) is 19.2 Å². The number of hydrogen-bond donors (Lipinski definition) is 1. The van der Waals surface area contributed by atoms with Crippen molar-refractivity contribution < 1.29 is 31.1 Å². The zero-order valence-corrected chi connectivity index (χ0v) is 21.0. The fourth-order valence-corrected chi connectivity index (χ4v) is 7.73. The monoisotopic (exact) mass is 551 g/mol. The highest BCUT2D eigenvalue weighted by molar-refractivity contribution is 7.91. The summed E-state index contributed by atoms with van der Waals surface area (Å²) in [6.45, 7) is -0.00545. The Morgan fingerprint density at radius 1 is 1.00 bits per heavy atom. The molecule has 0 amide bonds. The van der Waals surface area contributed by atoms with Gasteiger partial charge in [0.25, 0.3) is 5.92 Å². The summed E-state index contributed by atoms with van der Waals surface area (Å²) in [6, 6.07) is 9.66. The van der Waals surface area contributed by atoms with Crippen molar-refractivity contribution in [3.05, 3.63) is 71.6 Å². The Hall–Kier alpha value is -3.06. The van der Waals surface area contributed by atoms with Crippen molar-refractivity contribution in [1.29, 1.82) is 0 Å². The lowest BCUT2D eigenvalue weighted by atomic mass is 9.30. The molecule has 2 aromatic carbocycles. The zero-order valence-electron chi connectivity index (χ0n) is 20.2. The SMILES string of the molecule is O=S1(=O)CCN(c2ccc(C34CC(C(F)(F)[C@@](O)(Cn5cnnn5)c5ccc(F)cc5F)(C3)C4)cc2)CC1. The Balaban J connectivity index is 1.24. The summed E-state index contributed by atoms with van der Waals surface area (Å²) in [5, 5.41) is 21.9. The highest BCUT2D eigenvalue weighted by atomic mass is 32.2. The summed E-state index contributed by atoms with van der Waals surface area (Å²) >= 11 is 0. The zero-order chi connectivity index (χ0) is 27.0. The van der Waals surface area contributed by atoms with Gasteiger partial charge in [0.1, 0.15) is 18.0 Å². The third kappa shape index (κ3) is 3.65. The highest BCUT2D eigenvalue weighted by Crippen LogP contribution is 2.80. The molecule has 7 rings (SSSR count). The molecule has 202 valence electrons. The maximum atomic E-state index is 16.3. The first-order chi connectivity index (χ1) is 17.9. The second kappa shape index (κ2) is 8.22. The van der Waals surface area contributed by atoms with Crippen LogP contribution in [0.3, 0.4) is 0 Å². The molecule has 0 unspecified atom stereocenters. The van der Waals surface area contributed by atoms with Crippen LogP contribution in [0, 0.1) is 17.0 Å². The van der Waals surface area contributed by atoms with Gasteiger partial charge in [-0.05, 0) is 64.9 Å².